The van der Waals surface area contributed by atoms with Crippen molar-refractivity contribution in [2.45, 2.75) is 31.2 Å². The van der Waals surface area contributed by atoms with Crippen LogP contribution in [0.1, 0.15) is 25.7 Å². The van der Waals surface area contributed by atoms with Crippen molar-refractivity contribution in [1.29, 1.82) is 0 Å². The lowest BCUT2D eigenvalue weighted by molar-refractivity contribution is -0.121. The summed E-state index contributed by atoms with van der Waals surface area (Å²) >= 11 is 0. The van der Waals surface area contributed by atoms with Crippen LogP contribution in [0, 0.1) is 11.6 Å². The van der Waals surface area contributed by atoms with Gasteiger partial charge in [0.15, 0.2) is 11.6 Å². The number of hydrogen-bond acceptors (Lipinski definition) is 2. The van der Waals surface area contributed by atoms with Crippen molar-refractivity contribution in [3.05, 3.63) is 29.8 Å². The van der Waals surface area contributed by atoms with E-state index in [0.29, 0.717) is 12.8 Å². The van der Waals surface area contributed by atoms with Crippen LogP contribution in [0.3, 0.4) is 0 Å². The molecule has 3 N–H and O–H groups in total. The van der Waals surface area contributed by atoms with E-state index in [4.69, 9.17) is 5.73 Å². The highest BCUT2D eigenvalue weighted by molar-refractivity contribution is 5.98. The molecule has 3 nitrogen and oxygen atoms in total. The van der Waals surface area contributed by atoms with Gasteiger partial charge in [-0.1, -0.05) is 18.9 Å². The summed E-state index contributed by atoms with van der Waals surface area (Å²) in [5.74, 6) is -2.48. The number of nitrogens with one attached hydrogen (secondary N) is 1. The molecule has 1 aliphatic carbocycles. The van der Waals surface area contributed by atoms with E-state index in [1.165, 1.54) is 12.1 Å². The standard InChI is InChI=1S/C12H14F2N2O.ClH/c13-8-4-3-5-9(10(8)14)16-11(17)12(15)6-1-2-7-12;/h3-5H,1-2,6-7,15H2,(H,16,17);1H. The molecule has 0 unspecified atom stereocenters. The Morgan fingerprint density at radius 2 is 1.89 bits per heavy atom. The van der Waals surface area contributed by atoms with Crippen LogP contribution in [0.25, 0.3) is 0 Å². The highest BCUT2D eigenvalue weighted by Gasteiger charge is 2.37. The van der Waals surface area contributed by atoms with E-state index in [-0.39, 0.29) is 18.1 Å². The maximum Gasteiger partial charge on any atom is 0.244 e. The van der Waals surface area contributed by atoms with Gasteiger partial charge in [0.2, 0.25) is 5.91 Å². The summed E-state index contributed by atoms with van der Waals surface area (Å²) in [6.07, 6.45) is 2.93. The molecule has 0 spiro atoms. The number of benzene rings is 1. The van der Waals surface area contributed by atoms with Crippen LogP contribution < -0.4 is 11.1 Å². The number of carbonyl (C=O) groups excluding carboxylic acids is 1. The molecule has 6 heteroatoms. The van der Waals surface area contributed by atoms with E-state index in [0.717, 1.165) is 18.9 Å². The second-order valence-electron chi connectivity index (χ2n) is 4.42. The molecule has 1 aliphatic rings. The molecule has 2 rings (SSSR count). The molecule has 0 radical (unpaired) electrons. The number of carbonyl (C=O) groups is 1. The molecule has 1 amide bonds. The number of hydrogen-bond donors (Lipinski definition) is 2. The minimum absolute atomic E-state index is 0. The summed E-state index contributed by atoms with van der Waals surface area (Å²) < 4.78 is 26.3. The number of nitrogens with two attached hydrogens (primary N) is 1. The molecule has 0 bridgehead atoms. The third-order valence-corrected chi connectivity index (χ3v) is 3.15. The topological polar surface area (TPSA) is 55.1 Å². The third-order valence-electron chi connectivity index (χ3n) is 3.15. The Kier molecular flexibility index (Phi) is 4.65. The summed E-state index contributed by atoms with van der Waals surface area (Å²) in [6.45, 7) is 0. The molecular weight excluding hydrogens is 262 g/mol. The highest BCUT2D eigenvalue weighted by Crippen LogP contribution is 2.29. The molecule has 0 saturated heterocycles. The van der Waals surface area contributed by atoms with E-state index in [2.05, 4.69) is 5.32 Å². The highest BCUT2D eigenvalue weighted by atomic mass is 35.5. The Morgan fingerprint density at radius 1 is 1.28 bits per heavy atom. The number of amides is 1. The van der Waals surface area contributed by atoms with E-state index in [1.54, 1.807) is 0 Å². The summed E-state index contributed by atoms with van der Waals surface area (Å²) in [4.78, 5) is 11.9. The largest absolute Gasteiger partial charge is 0.322 e. The van der Waals surface area contributed by atoms with Gasteiger partial charge in [-0.05, 0) is 25.0 Å². The predicted octanol–water partition coefficient (Wildman–Crippen LogP) is 2.60. The zero-order chi connectivity index (χ0) is 12.5. The minimum Gasteiger partial charge on any atom is -0.322 e. The van der Waals surface area contributed by atoms with E-state index in [1.807, 2.05) is 0 Å². The normalized spacial score (nSPS) is 17.1. The van der Waals surface area contributed by atoms with Gasteiger partial charge in [0, 0.05) is 0 Å². The molecule has 18 heavy (non-hydrogen) atoms. The van der Waals surface area contributed by atoms with Gasteiger partial charge in [-0.15, -0.1) is 12.4 Å². The van der Waals surface area contributed by atoms with Crippen LogP contribution in [-0.2, 0) is 4.79 Å². The van der Waals surface area contributed by atoms with Crippen LogP contribution in [-0.4, -0.2) is 11.4 Å². The quantitative estimate of drug-likeness (QED) is 0.872. The van der Waals surface area contributed by atoms with E-state index in [9.17, 15) is 13.6 Å². The fourth-order valence-electron chi connectivity index (χ4n) is 2.08. The number of rotatable bonds is 2. The maximum absolute atomic E-state index is 13.3. The molecule has 0 aromatic heterocycles. The second-order valence-corrected chi connectivity index (χ2v) is 4.42. The molecule has 1 saturated carbocycles. The van der Waals surface area contributed by atoms with Gasteiger partial charge in [0.25, 0.3) is 0 Å². The lowest BCUT2D eigenvalue weighted by atomic mass is 9.98. The molecule has 0 aliphatic heterocycles. The summed E-state index contributed by atoms with van der Waals surface area (Å²) in [5.41, 5.74) is 4.80. The number of halogens is 3. The van der Waals surface area contributed by atoms with Crippen molar-refractivity contribution < 1.29 is 13.6 Å². The monoisotopic (exact) mass is 276 g/mol. The summed E-state index contributed by atoms with van der Waals surface area (Å²) in [7, 11) is 0. The average Bonchev–Trinajstić information content (AvgIpc) is 2.73. The summed E-state index contributed by atoms with van der Waals surface area (Å²) in [5, 5.41) is 2.35. The van der Waals surface area contributed by atoms with E-state index < -0.39 is 23.1 Å². The molecule has 100 valence electrons. The molecule has 1 aromatic carbocycles. The Hall–Kier alpha value is -1.20. The Bertz CT molecular complexity index is 448. The molecule has 1 fully saturated rings. The van der Waals surface area contributed by atoms with Crippen LogP contribution >= 0.6 is 12.4 Å². The van der Waals surface area contributed by atoms with Gasteiger partial charge in [0.1, 0.15) is 0 Å². The van der Waals surface area contributed by atoms with Crippen molar-refractivity contribution in [2.24, 2.45) is 5.73 Å². The molecule has 1 aromatic rings. The van der Waals surface area contributed by atoms with Gasteiger partial charge >= 0.3 is 0 Å². The van der Waals surface area contributed by atoms with Gasteiger partial charge in [-0.2, -0.15) is 0 Å². The second kappa shape index (κ2) is 5.63. The van der Waals surface area contributed by atoms with Gasteiger partial charge in [-0.25, -0.2) is 8.78 Å². The fourth-order valence-corrected chi connectivity index (χ4v) is 2.08. The van der Waals surface area contributed by atoms with Crippen LogP contribution in [0.5, 0.6) is 0 Å². The first-order valence-corrected chi connectivity index (χ1v) is 5.57. The first-order chi connectivity index (χ1) is 8.03. The minimum atomic E-state index is -1.05. The van der Waals surface area contributed by atoms with E-state index >= 15 is 0 Å². The van der Waals surface area contributed by atoms with Crippen LogP contribution in [0.4, 0.5) is 14.5 Å². The smallest absolute Gasteiger partial charge is 0.244 e. The van der Waals surface area contributed by atoms with Crippen LogP contribution in [0.15, 0.2) is 18.2 Å². The van der Waals surface area contributed by atoms with Gasteiger partial charge < -0.3 is 11.1 Å². The molecular formula is C12H15ClF2N2O. The molecule has 0 atom stereocenters. The first kappa shape index (κ1) is 14.9. The van der Waals surface area contributed by atoms with Crippen molar-refractivity contribution >= 4 is 24.0 Å². The third kappa shape index (κ3) is 2.79. The summed E-state index contributed by atoms with van der Waals surface area (Å²) in [6, 6.07) is 3.65. The average molecular weight is 277 g/mol. The fraction of sp³-hybridized carbons (Fsp3) is 0.417. The van der Waals surface area contributed by atoms with Crippen LogP contribution in [0.2, 0.25) is 0 Å². The maximum atomic E-state index is 13.3. The first-order valence-electron chi connectivity index (χ1n) is 5.57. The predicted molar refractivity (Wildman–Crippen MR) is 67.6 cm³/mol. The zero-order valence-electron chi connectivity index (χ0n) is 9.71. The molecule has 0 heterocycles. The van der Waals surface area contributed by atoms with Crippen molar-refractivity contribution in [2.75, 3.05) is 5.32 Å². The SMILES string of the molecule is Cl.NC1(C(=O)Nc2cccc(F)c2F)CCCC1. The Morgan fingerprint density at radius 3 is 2.50 bits per heavy atom. The van der Waals surface area contributed by atoms with Gasteiger partial charge in [-0.3, -0.25) is 4.79 Å². The lowest BCUT2D eigenvalue weighted by Gasteiger charge is -2.22. The van der Waals surface area contributed by atoms with Crippen molar-refractivity contribution in [3.8, 4) is 0 Å². The van der Waals surface area contributed by atoms with Crippen molar-refractivity contribution in [3.63, 3.8) is 0 Å². The number of anilines is 1. The van der Waals surface area contributed by atoms with Gasteiger partial charge in [0.05, 0.1) is 11.2 Å². The Balaban J connectivity index is 0.00000162. The zero-order valence-corrected chi connectivity index (χ0v) is 10.5. The van der Waals surface area contributed by atoms with Crippen molar-refractivity contribution in [1.82, 2.24) is 0 Å². The Labute approximate surface area is 110 Å². The lowest BCUT2D eigenvalue weighted by Crippen LogP contribution is -2.48.